The quantitative estimate of drug-likeness (QED) is 0.632. The van der Waals surface area contributed by atoms with Crippen LogP contribution in [0.15, 0.2) is 4.42 Å². The zero-order chi connectivity index (χ0) is 13.5. The first kappa shape index (κ1) is 14.3. The van der Waals surface area contributed by atoms with Crippen molar-refractivity contribution in [2.45, 2.75) is 58.2 Å². The molecule has 1 aliphatic carbocycles. The van der Waals surface area contributed by atoms with Crippen molar-refractivity contribution in [3.8, 4) is 0 Å². The molecule has 0 spiro atoms. The van der Waals surface area contributed by atoms with E-state index in [1.54, 1.807) is 0 Å². The maximum atomic E-state index is 5.48. The van der Waals surface area contributed by atoms with Crippen LogP contribution in [0, 0.1) is 0 Å². The third-order valence-electron chi connectivity index (χ3n) is 2.88. The Labute approximate surface area is 114 Å². The van der Waals surface area contributed by atoms with Crippen molar-refractivity contribution in [3.05, 3.63) is 5.89 Å². The average molecular weight is 268 g/mol. The summed E-state index contributed by atoms with van der Waals surface area (Å²) < 4.78 is 11.0. The molecular formula is C13H24N4O2. The fourth-order valence-corrected chi connectivity index (χ4v) is 1.66. The van der Waals surface area contributed by atoms with Crippen LogP contribution in [0.3, 0.4) is 0 Å². The highest BCUT2D eigenvalue weighted by atomic mass is 16.5. The van der Waals surface area contributed by atoms with Crippen molar-refractivity contribution in [1.82, 2.24) is 15.5 Å². The first-order valence-corrected chi connectivity index (χ1v) is 7.15. The summed E-state index contributed by atoms with van der Waals surface area (Å²) in [6.45, 7) is 6.40. The van der Waals surface area contributed by atoms with E-state index in [0.29, 0.717) is 30.6 Å². The zero-order valence-electron chi connectivity index (χ0n) is 11.8. The lowest BCUT2D eigenvalue weighted by Gasteiger charge is -2.06. The molecule has 6 nitrogen and oxygen atoms in total. The van der Waals surface area contributed by atoms with Crippen LogP contribution in [-0.2, 0) is 11.3 Å². The van der Waals surface area contributed by atoms with Gasteiger partial charge in [0, 0.05) is 19.2 Å². The van der Waals surface area contributed by atoms with Crippen LogP contribution < -0.4 is 10.6 Å². The van der Waals surface area contributed by atoms with E-state index in [0.717, 1.165) is 26.0 Å². The number of nitrogens with zero attached hydrogens (tertiary/aromatic N) is 2. The van der Waals surface area contributed by atoms with E-state index in [2.05, 4.69) is 20.8 Å². The molecule has 0 amide bonds. The van der Waals surface area contributed by atoms with Crippen LogP contribution in [0.4, 0.5) is 6.01 Å². The molecule has 6 heteroatoms. The van der Waals surface area contributed by atoms with Crippen molar-refractivity contribution in [2.75, 3.05) is 18.5 Å². The Kier molecular flexibility index (Phi) is 5.60. The van der Waals surface area contributed by atoms with Crippen molar-refractivity contribution < 1.29 is 9.15 Å². The standard InChI is InChI=1S/C13H24N4O2/c1-10(2)18-8-4-3-7-14-13-17-16-12(19-13)9-15-11-5-6-11/h10-11,15H,3-9H2,1-2H3,(H,14,17). The Morgan fingerprint density at radius 1 is 1.32 bits per heavy atom. The summed E-state index contributed by atoms with van der Waals surface area (Å²) in [6.07, 6.45) is 4.90. The summed E-state index contributed by atoms with van der Waals surface area (Å²) in [6, 6.07) is 1.17. The van der Waals surface area contributed by atoms with Gasteiger partial charge in [-0.15, -0.1) is 5.10 Å². The van der Waals surface area contributed by atoms with Gasteiger partial charge in [0.1, 0.15) is 0 Å². The maximum Gasteiger partial charge on any atom is 0.315 e. The van der Waals surface area contributed by atoms with Gasteiger partial charge in [-0.25, -0.2) is 0 Å². The second-order valence-corrected chi connectivity index (χ2v) is 5.21. The zero-order valence-corrected chi connectivity index (χ0v) is 11.8. The molecule has 108 valence electrons. The third-order valence-corrected chi connectivity index (χ3v) is 2.88. The lowest BCUT2D eigenvalue weighted by atomic mass is 10.3. The molecule has 1 heterocycles. The highest BCUT2D eigenvalue weighted by molar-refractivity contribution is 5.16. The van der Waals surface area contributed by atoms with Crippen LogP contribution in [0.25, 0.3) is 0 Å². The third kappa shape index (κ3) is 6.02. The van der Waals surface area contributed by atoms with E-state index < -0.39 is 0 Å². The van der Waals surface area contributed by atoms with Gasteiger partial charge in [-0.05, 0) is 39.5 Å². The number of unbranched alkanes of at least 4 members (excludes halogenated alkanes) is 1. The molecule has 0 aromatic carbocycles. The Bertz CT molecular complexity index is 363. The first-order valence-electron chi connectivity index (χ1n) is 7.15. The maximum absolute atomic E-state index is 5.48. The molecular weight excluding hydrogens is 244 g/mol. The van der Waals surface area contributed by atoms with Crippen molar-refractivity contribution in [1.29, 1.82) is 0 Å². The highest BCUT2D eigenvalue weighted by Crippen LogP contribution is 2.19. The van der Waals surface area contributed by atoms with Crippen LogP contribution in [0.2, 0.25) is 0 Å². The predicted octanol–water partition coefficient (Wildman–Crippen LogP) is 1.94. The number of aromatic nitrogens is 2. The average Bonchev–Trinajstić information content (AvgIpc) is 3.10. The minimum absolute atomic E-state index is 0.311. The molecule has 0 unspecified atom stereocenters. The summed E-state index contributed by atoms with van der Waals surface area (Å²) >= 11 is 0. The molecule has 1 saturated carbocycles. The molecule has 0 bridgehead atoms. The smallest absolute Gasteiger partial charge is 0.315 e. The van der Waals surface area contributed by atoms with Gasteiger partial charge in [-0.3, -0.25) is 0 Å². The number of hydrogen-bond donors (Lipinski definition) is 2. The Morgan fingerprint density at radius 3 is 2.89 bits per heavy atom. The molecule has 2 rings (SSSR count). The molecule has 0 atom stereocenters. The summed E-state index contributed by atoms with van der Waals surface area (Å²) in [5.74, 6) is 0.651. The minimum Gasteiger partial charge on any atom is -0.407 e. The monoisotopic (exact) mass is 268 g/mol. The molecule has 1 aromatic rings. The second kappa shape index (κ2) is 7.45. The second-order valence-electron chi connectivity index (χ2n) is 5.21. The van der Waals surface area contributed by atoms with E-state index in [-0.39, 0.29) is 0 Å². The molecule has 1 aromatic heterocycles. The number of rotatable bonds is 10. The SMILES string of the molecule is CC(C)OCCCCNc1nnc(CNC2CC2)o1. The van der Waals surface area contributed by atoms with Crippen molar-refractivity contribution in [3.63, 3.8) is 0 Å². The first-order chi connectivity index (χ1) is 9.24. The summed E-state index contributed by atoms with van der Waals surface area (Å²) in [4.78, 5) is 0. The van der Waals surface area contributed by atoms with Gasteiger partial charge in [-0.2, -0.15) is 0 Å². The predicted molar refractivity (Wildman–Crippen MR) is 73.0 cm³/mol. The number of ether oxygens (including phenoxy) is 1. The molecule has 1 aliphatic rings. The van der Waals surface area contributed by atoms with Gasteiger partial charge in [-0.1, -0.05) is 5.10 Å². The fraction of sp³-hybridized carbons (Fsp3) is 0.846. The van der Waals surface area contributed by atoms with Crippen LogP contribution in [0.1, 0.15) is 45.4 Å². The largest absolute Gasteiger partial charge is 0.407 e. The molecule has 0 aliphatic heterocycles. The molecule has 1 fully saturated rings. The van der Waals surface area contributed by atoms with Gasteiger partial charge in [0.25, 0.3) is 0 Å². The van der Waals surface area contributed by atoms with Gasteiger partial charge < -0.3 is 19.8 Å². The number of hydrogen-bond acceptors (Lipinski definition) is 6. The normalized spacial score (nSPS) is 15.1. The fourth-order valence-electron chi connectivity index (χ4n) is 1.66. The van der Waals surface area contributed by atoms with E-state index in [9.17, 15) is 0 Å². The lowest BCUT2D eigenvalue weighted by molar-refractivity contribution is 0.0765. The van der Waals surface area contributed by atoms with E-state index in [1.807, 2.05) is 13.8 Å². The van der Waals surface area contributed by atoms with Crippen molar-refractivity contribution in [2.24, 2.45) is 0 Å². The summed E-state index contributed by atoms with van der Waals surface area (Å²) in [5.41, 5.74) is 0. The Hall–Kier alpha value is -1.14. The minimum atomic E-state index is 0.311. The Balaban J connectivity index is 1.52. The van der Waals surface area contributed by atoms with Crippen molar-refractivity contribution >= 4 is 6.01 Å². The van der Waals surface area contributed by atoms with E-state index in [1.165, 1.54) is 12.8 Å². The van der Waals surface area contributed by atoms with Gasteiger partial charge in [0.15, 0.2) is 0 Å². The molecule has 0 radical (unpaired) electrons. The number of anilines is 1. The van der Waals surface area contributed by atoms with Gasteiger partial charge >= 0.3 is 6.01 Å². The van der Waals surface area contributed by atoms with Crippen LogP contribution in [-0.4, -0.2) is 35.5 Å². The molecule has 19 heavy (non-hydrogen) atoms. The van der Waals surface area contributed by atoms with Crippen LogP contribution >= 0.6 is 0 Å². The van der Waals surface area contributed by atoms with E-state index >= 15 is 0 Å². The number of nitrogens with one attached hydrogen (secondary N) is 2. The lowest BCUT2D eigenvalue weighted by Crippen LogP contribution is -2.15. The van der Waals surface area contributed by atoms with Gasteiger partial charge in [0.2, 0.25) is 5.89 Å². The van der Waals surface area contributed by atoms with Gasteiger partial charge in [0.05, 0.1) is 12.6 Å². The summed E-state index contributed by atoms with van der Waals surface area (Å²) in [5, 5.41) is 14.4. The van der Waals surface area contributed by atoms with Crippen LogP contribution in [0.5, 0.6) is 0 Å². The Morgan fingerprint density at radius 2 is 2.16 bits per heavy atom. The van der Waals surface area contributed by atoms with E-state index in [4.69, 9.17) is 9.15 Å². The highest BCUT2D eigenvalue weighted by Gasteiger charge is 2.21. The molecule has 2 N–H and O–H groups in total. The molecule has 0 saturated heterocycles. The summed E-state index contributed by atoms with van der Waals surface area (Å²) in [7, 11) is 0. The topological polar surface area (TPSA) is 72.2 Å².